The molecule has 3 aromatic rings. The number of hydrogen-bond donors (Lipinski definition) is 2. The van der Waals surface area contributed by atoms with Gasteiger partial charge < -0.3 is 11.1 Å². The normalized spacial score (nSPS) is 11.9. The van der Waals surface area contributed by atoms with Crippen LogP contribution < -0.4 is 11.1 Å². The van der Waals surface area contributed by atoms with E-state index in [-0.39, 0.29) is 11.9 Å². The molecule has 0 aliphatic rings. The van der Waals surface area contributed by atoms with Gasteiger partial charge in [-0.05, 0) is 53.3 Å². The molecule has 0 radical (unpaired) electrons. The Labute approximate surface area is 145 Å². The maximum atomic E-state index is 12.5. The van der Waals surface area contributed by atoms with E-state index >= 15 is 0 Å². The molecule has 0 saturated carbocycles. The van der Waals surface area contributed by atoms with Crippen LogP contribution in [0.1, 0.15) is 35.3 Å². The van der Waals surface area contributed by atoms with Crippen molar-refractivity contribution < 1.29 is 4.79 Å². The molecule has 0 fully saturated rings. The van der Waals surface area contributed by atoms with Crippen LogP contribution >= 0.6 is 11.3 Å². The number of hydrogen-bond acceptors (Lipinski definition) is 4. The van der Waals surface area contributed by atoms with E-state index in [0.717, 1.165) is 28.1 Å². The lowest BCUT2D eigenvalue weighted by Gasteiger charge is -2.16. The zero-order valence-corrected chi connectivity index (χ0v) is 14.2. The first kappa shape index (κ1) is 16.4. The number of rotatable bonds is 5. The summed E-state index contributed by atoms with van der Waals surface area (Å²) >= 11 is 1.65. The predicted octanol–water partition coefficient (Wildman–Crippen LogP) is 4.47. The Balaban J connectivity index is 1.95. The topological polar surface area (TPSA) is 68.0 Å². The number of benzene rings is 1. The van der Waals surface area contributed by atoms with Crippen LogP contribution in [0.2, 0.25) is 0 Å². The van der Waals surface area contributed by atoms with Crippen LogP contribution in [0.25, 0.3) is 10.4 Å². The number of nitrogens with zero attached hydrogens (tertiary/aromatic N) is 1. The molecule has 0 unspecified atom stereocenters. The van der Waals surface area contributed by atoms with Crippen molar-refractivity contribution in [3.63, 3.8) is 0 Å². The Morgan fingerprint density at radius 3 is 2.71 bits per heavy atom. The highest BCUT2D eigenvalue weighted by molar-refractivity contribution is 7.13. The standard InChI is InChI=1S/C19H19N3OS/c1-2-17(20)15-6-5-13(12-16(15)18-4-3-11-24-18)19(23)22-14-7-9-21-10-8-14/h3-12,17H,2,20H2,1H3,(H,21,22,23)/t17-/m0/s1. The van der Waals surface area contributed by atoms with Crippen molar-refractivity contribution in [3.8, 4) is 10.4 Å². The summed E-state index contributed by atoms with van der Waals surface area (Å²) in [5, 5.41) is 4.91. The van der Waals surface area contributed by atoms with Gasteiger partial charge in [-0.25, -0.2) is 0 Å². The largest absolute Gasteiger partial charge is 0.324 e. The van der Waals surface area contributed by atoms with Crippen LogP contribution in [0.3, 0.4) is 0 Å². The Morgan fingerprint density at radius 2 is 2.04 bits per heavy atom. The summed E-state index contributed by atoms with van der Waals surface area (Å²) in [5.74, 6) is -0.143. The molecular formula is C19H19N3OS. The van der Waals surface area contributed by atoms with Gasteiger partial charge in [-0.3, -0.25) is 9.78 Å². The minimum Gasteiger partial charge on any atom is -0.324 e. The first-order valence-electron chi connectivity index (χ1n) is 7.84. The average molecular weight is 337 g/mol. The van der Waals surface area contributed by atoms with Crippen molar-refractivity contribution in [1.29, 1.82) is 0 Å². The molecule has 4 nitrogen and oxygen atoms in total. The monoisotopic (exact) mass is 337 g/mol. The molecule has 122 valence electrons. The van der Waals surface area contributed by atoms with Gasteiger partial charge in [-0.15, -0.1) is 11.3 Å². The molecule has 24 heavy (non-hydrogen) atoms. The zero-order valence-electron chi connectivity index (χ0n) is 13.4. The van der Waals surface area contributed by atoms with Crippen molar-refractivity contribution in [2.75, 3.05) is 5.32 Å². The SMILES string of the molecule is CC[C@H](N)c1ccc(C(=O)Nc2ccncc2)cc1-c1cccs1. The van der Waals surface area contributed by atoms with Gasteiger partial charge in [0, 0.05) is 34.6 Å². The first-order valence-corrected chi connectivity index (χ1v) is 8.71. The lowest BCUT2D eigenvalue weighted by atomic mass is 9.95. The van der Waals surface area contributed by atoms with E-state index in [1.54, 1.807) is 35.9 Å². The summed E-state index contributed by atoms with van der Waals surface area (Å²) < 4.78 is 0. The van der Waals surface area contributed by atoms with Crippen molar-refractivity contribution in [2.24, 2.45) is 5.73 Å². The fourth-order valence-electron chi connectivity index (χ4n) is 2.52. The van der Waals surface area contributed by atoms with Gasteiger partial charge in [-0.1, -0.05) is 19.1 Å². The van der Waals surface area contributed by atoms with E-state index in [1.165, 1.54) is 0 Å². The van der Waals surface area contributed by atoms with E-state index in [2.05, 4.69) is 23.3 Å². The van der Waals surface area contributed by atoms with E-state index < -0.39 is 0 Å². The van der Waals surface area contributed by atoms with Crippen LogP contribution in [-0.4, -0.2) is 10.9 Å². The molecule has 3 N–H and O–H groups in total. The van der Waals surface area contributed by atoms with Crippen molar-refractivity contribution in [3.05, 3.63) is 71.4 Å². The minimum atomic E-state index is -0.143. The molecule has 2 heterocycles. The summed E-state index contributed by atoms with van der Waals surface area (Å²) in [6, 6.07) is 13.3. The van der Waals surface area contributed by atoms with Gasteiger partial charge in [0.1, 0.15) is 0 Å². The minimum absolute atomic E-state index is 0.0422. The molecule has 0 spiro atoms. The fourth-order valence-corrected chi connectivity index (χ4v) is 3.29. The number of amides is 1. The predicted molar refractivity (Wildman–Crippen MR) is 99.2 cm³/mol. The Kier molecular flexibility index (Phi) is 5.03. The summed E-state index contributed by atoms with van der Waals surface area (Å²) in [5.41, 5.74) is 9.68. The second-order valence-electron chi connectivity index (χ2n) is 5.48. The highest BCUT2D eigenvalue weighted by Gasteiger charge is 2.15. The zero-order chi connectivity index (χ0) is 16.9. The van der Waals surface area contributed by atoms with Gasteiger partial charge in [-0.2, -0.15) is 0 Å². The van der Waals surface area contributed by atoms with E-state index in [4.69, 9.17) is 5.73 Å². The first-order chi connectivity index (χ1) is 11.7. The van der Waals surface area contributed by atoms with Gasteiger partial charge >= 0.3 is 0 Å². The number of nitrogens with one attached hydrogen (secondary N) is 1. The van der Waals surface area contributed by atoms with Crippen LogP contribution in [0.4, 0.5) is 5.69 Å². The van der Waals surface area contributed by atoms with Crippen molar-refractivity contribution in [2.45, 2.75) is 19.4 Å². The van der Waals surface area contributed by atoms with E-state index in [9.17, 15) is 4.79 Å². The second-order valence-corrected chi connectivity index (χ2v) is 6.43. The number of anilines is 1. The van der Waals surface area contributed by atoms with Crippen molar-refractivity contribution in [1.82, 2.24) is 4.98 Å². The molecule has 1 aromatic carbocycles. The smallest absolute Gasteiger partial charge is 0.255 e. The van der Waals surface area contributed by atoms with Gasteiger partial charge in [0.15, 0.2) is 0 Å². The third kappa shape index (κ3) is 3.53. The number of carbonyl (C=O) groups is 1. The van der Waals surface area contributed by atoms with Crippen LogP contribution in [0.15, 0.2) is 60.2 Å². The summed E-state index contributed by atoms with van der Waals surface area (Å²) in [6.07, 6.45) is 4.15. The maximum Gasteiger partial charge on any atom is 0.255 e. The van der Waals surface area contributed by atoms with Crippen LogP contribution in [-0.2, 0) is 0 Å². The molecule has 1 atom stereocenters. The average Bonchev–Trinajstić information content (AvgIpc) is 3.16. The fraction of sp³-hybridized carbons (Fsp3) is 0.158. The Hall–Kier alpha value is -2.50. The van der Waals surface area contributed by atoms with E-state index in [0.29, 0.717) is 5.56 Å². The Morgan fingerprint density at radius 1 is 1.25 bits per heavy atom. The number of carbonyl (C=O) groups excluding carboxylic acids is 1. The lowest BCUT2D eigenvalue weighted by molar-refractivity contribution is 0.102. The third-order valence-corrected chi connectivity index (χ3v) is 4.78. The molecule has 0 aliphatic carbocycles. The quantitative estimate of drug-likeness (QED) is 0.721. The van der Waals surface area contributed by atoms with Gasteiger partial charge in [0.25, 0.3) is 5.91 Å². The Bertz CT molecular complexity index is 816. The maximum absolute atomic E-state index is 12.5. The van der Waals surface area contributed by atoms with Gasteiger partial charge in [0.05, 0.1) is 0 Å². The van der Waals surface area contributed by atoms with Crippen LogP contribution in [0, 0.1) is 0 Å². The second kappa shape index (κ2) is 7.38. The van der Waals surface area contributed by atoms with Crippen molar-refractivity contribution >= 4 is 22.9 Å². The molecule has 0 aliphatic heterocycles. The molecule has 5 heteroatoms. The highest BCUT2D eigenvalue weighted by Crippen LogP contribution is 2.33. The number of pyridine rings is 1. The molecule has 3 rings (SSSR count). The summed E-state index contributed by atoms with van der Waals surface area (Å²) in [7, 11) is 0. The molecular weight excluding hydrogens is 318 g/mol. The number of thiophene rings is 1. The highest BCUT2D eigenvalue weighted by atomic mass is 32.1. The van der Waals surface area contributed by atoms with Crippen LogP contribution in [0.5, 0.6) is 0 Å². The molecule has 2 aromatic heterocycles. The number of aromatic nitrogens is 1. The summed E-state index contributed by atoms with van der Waals surface area (Å²) in [4.78, 5) is 17.6. The molecule has 0 bridgehead atoms. The third-order valence-electron chi connectivity index (χ3n) is 3.88. The van der Waals surface area contributed by atoms with Gasteiger partial charge in [0.2, 0.25) is 0 Å². The van der Waals surface area contributed by atoms with E-state index in [1.807, 2.05) is 29.6 Å². The lowest BCUT2D eigenvalue weighted by Crippen LogP contribution is -2.14. The summed E-state index contributed by atoms with van der Waals surface area (Å²) in [6.45, 7) is 2.06. The molecule has 0 saturated heterocycles. The molecule has 1 amide bonds. The number of nitrogens with two attached hydrogens (primary N) is 1.